The molecule has 1 aromatic heterocycles. The van der Waals surface area contributed by atoms with Gasteiger partial charge in [-0.3, -0.25) is 9.69 Å². The Labute approximate surface area is 139 Å². The van der Waals surface area contributed by atoms with Gasteiger partial charge in [0.05, 0.1) is 6.10 Å². The summed E-state index contributed by atoms with van der Waals surface area (Å²) in [4.78, 5) is 21.3. The molecule has 1 aliphatic rings. The molecule has 1 fully saturated rings. The number of rotatable bonds is 5. The summed E-state index contributed by atoms with van der Waals surface area (Å²) in [6, 6.07) is 4.07. The van der Waals surface area contributed by atoms with Gasteiger partial charge in [-0.15, -0.1) is 0 Å². The second-order valence-electron chi connectivity index (χ2n) is 6.49. The number of ether oxygens (including phenoxy) is 1. The van der Waals surface area contributed by atoms with Crippen LogP contribution in [-0.2, 0) is 0 Å². The number of amides is 1. The predicted molar refractivity (Wildman–Crippen MR) is 91.8 cm³/mol. The summed E-state index contributed by atoms with van der Waals surface area (Å²) in [5, 5.41) is 0. The summed E-state index contributed by atoms with van der Waals surface area (Å²) in [5.74, 6) is 0.607. The van der Waals surface area contributed by atoms with Crippen molar-refractivity contribution in [1.82, 2.24) is 14.8 Å². The van der Waals surface area contributed by atoms with E-state index in [1.807, 2.05) is 11.8 Å². The molecule has 0 unspecified atom stereocenters. The van der Waals surface area contributed by atoms with Gasteiger partial charge in [-0.05, 0) is 39.7 Å². The highest BCUT2D eigenvalue weighted by Gasteiger charge is 2.22. The zero-order valence-corrected chi connectivity index (χ0v) is 14.8. The molecular formula is C18H29N3O2. The third-order valence-electron chi connectivity index (χ3n) is 4.43. The second kappa shape index (κ2) is 8.29. The monoisotopic (exact) mass is 319 g/mol. The first kappa shape index (κ1) is 17.7. The van der Waals surface area contributed by atoms with E-state index >= 15 is 0 Å². The van der Waals surface area contributed by atoms with Gasteiger partial charge in [0.25, 0.3) is 5.91 Å². The Kier molecular flexibility index (Phi) is 6.39. The maximum atomic E-state index is 12.8. The molecule has 0 bridgehead atoms. The van der Waals surface area contributed by atoms with Gasteiger partial charge in [-0.1, -0.05) is 6.92 Å². The standard InChI is InChI=1S/C18H29N3O2/c1-5-15(4)23-17-13-16(7-8-19-17)18(22)21-10-6-9-20(11-12-21)14(2)3/h7-8,13-15H,5-6,9-12H2,1-4H3/t15-/m0/s1. The van der Waals surface area contributed by atoms with E-state index in [4.69, 9.17) is 4.74 Å². The molecule has 2 rings (SSSR count). The van der Waals surface area contributed by atoms with E-state index in [0.717, 1.165) is 39.0 Å². The van der Waals surface area contributed by atoms with Gasteiger partial charge < -0.3 is 9.64 Å². The van der Waals surface area contributed by atoms with E-state index in [2.05, 4.69) is 30.7 Å². The topological polar surface area (TPSA) is 45.7 Å². The molecular weight excluding hydrogens is 290 g/mol. The Bertz CT molecular complexity index is 519. The molecule has 1 aromatic rings. The Morgan fingerprint density at radius 2 is 2.04 bits per heavy atom. The van der Waals surface area contributed by atoms with Gasteiger partial charge in [0.2, 0.25) is 5.88 Å². The average molecular weight is 319 g/mol. The Balaban J connectivity index is 2.03. The molecule has 2 heterocycles. The molecule has 1 atom stereocenters. The summed E-state index contributed by atoms with van der Waals surface area (Å²) in [6.45, 7) is 12.1. The van der Waals surface area contributed by atoms with E-state index in [1.54, 1.807) is 18.3 Å². The zero-order valence-electron chi connectivity index (χ0n) is 14.8. The molecule has 5 nitrogen and oxygen atoms in total. The van der Waals surface area contributed by atoms with Crippen molar-refractivity contribution in [3.05, 3.63) is 23.9 Å². The van der Waals surface area contributed by atoms with Crippen LogP contribution in [0.2, 0.25) is 0 Å². The van der Waals surface area contributed by atoms with E-state index in [9.17, 15) is 4.79 Å². The number of hydrogen-bond donors (Lipinski definition) is 0. The molecule has 128 valence electrons. The van der Waals surface area contributed by atoms with Crippen LogP contribution in [0, 0.1) is 0 Å². The Morgan fingerprint density at radius 1 is 1.26 bits per heavy atom. The minimum absolute atomic E-state index is 0.0759. The normalized spacial score (nSPS) is 17.9. The van der Waals surface area contributed by atoms with Gasteiger partial charge in [-0.25, -0.2) is 4.98 Å². The van der Waals surface area contributed by atoms with Crippen molar-refractivity contribution in [2.45, 2.75) is 52.7 Å². The lowest BCUT2D eigenvalue weighted by Gasteiger charge is -2.25. The maximum absolute atomic E-state index is 12.8. The molecule has 0 aliphatic carbocycles. The summed E-state index contributed by atoms with van der Waals surface area (Å²) in [6.07, 6.45) is 3.69. The van der Waals surface area contributed by atoms with Crippen molar-refractivity contribution in [1.29, 1.82) is 0 Å². The smallest absolute Gasteiger partial charge is 0.254 e. The van der Waals surface area contributed by atoms with Crippen molar-refractivity contribution in [3.63, 3.8) is 0 Å². The van der Waals surface area contributed by atoms with Gasteiger partial charge in [0.1, 0.15) is 0 Å². The summed E-state index contributed by atoms with van der Waals surface area (Å²) < 4.78 is 5.72. The minimum atomic E-state index is 0.0759. The molecule has 1 amide bonds. The van der Waals surface area contributed by atoms with Crippen LogP contribution >= 0.6 is 0 Å². The van der Waals surface area contributed by atoms with Crippen molar-refractivity contribution in [2.24, 2.45) is 0 Å². The van der Waals surface area contributed by atoms with Gasteiger partial charge in [0.15, 0.2) is 0 Å². The number of aromatic nitrogens is 1. The van der Waals surface area contributed by atoms with Crippen molar-refractivity contribution in [2.75, 3.05) is 26.2 Å². The number of nitrogens with zero attached hydrogens (tertiary/aromatic N) is 3. The highest BCUT2D eigenvalue weighted by molar-refractivity contribution is 5.94. The molecule has 0 spiro atoms. The first-order chi connectivity index (χ1) is 11.0. The lowest BCUT2D eigenvalue weighted by molar-refractivity contribution is 0.0758. The van der Waals surface area contributed by atoms with Crippen LogP contribution in [0.5, 0.6) is 5.88 Å². The van der Waals surface area contributed by atoms with Crippen LogP contribution < -0.4 is 4.74 Å². The largest absolute Gasteiger partial charge is 0.475 e. The summed E-state index contributed by atoms with van der Waals surface area (Å²) in [5.41, 5.74) is 0.663. The van der Waals surface area contributed by atoms with Crippen molar-refractivity contribution >= 4 is 5.91 Å². The van der Waals surface area contributed by atoms with E-state index in [-0.39, 0.29) is 12.0 Å². The first-order valence-electron chi connectivity index (χ1n) is 8.67. The predicted octanol–water partition coefficient (Wildman–Crippen LogP) is 2.82. The number of carbonyl (C=O) groups excluding carboxylic acids is 1. The second-order valence-corrected chi connectivity index (χ2v) is 6.49. The van der Waals surface area contributed by atoms with Crippen LogP contribution in [0.3, 0.4) is 0 Å². The minimum Gasteiger partial charge on any atom is -0.475 e. The van der Waals surface area contributed by atoms with Crippen LogP contribution in [0.25, 0.3) is 0 Å². The highest BCUT2D eigenvalue weighted by Crippen LogP contribution is 2.16. The molecule has 0 saturated carbocycles. The van der Waals surface area contributed by atoms with Gasteiger partial charge >= 0.3 is 0 Å². The van der Waals surface area contributed by atoms with Crippen LogP contribution in [0.1, 0.15) is 50.9 Å². The molecule has 23 heavy (non-hydrogen) atoms. The third kappa shape index (κ3) is 4.93. The molecule has 1 saturated heterocycles. The number of carbonyl (C=O) groups is 1. The van der Waals surface area contributed by atoms with Gasteiger partial charge in [-0.2, -0.15) is 0 Å². The fourth-order valence-electron chi connectivity index (χ4n) is 2.74. The lowest BCUT2D eigenvalue weighted by atomic mass is 10.2. The Hall–Kier alpha value is -1.62. The molecule has 5 heteroatoms. The quantitative estimate of drug-likeness (QED) is 0.837. The highest BCUT2D eigenvalue weighted by atomic mass is 16.5. The van der Waals surface area contributed by atoms with E-state index in [1.165, 1.54) is 0 Å². The molecule has 1 aliphatic heterocycles. The fourth-order valence-corrected chi connectivity index (χ4v) is 2.74. The van der Waals surface area contributed by atoms with Crippen molar-refractivity contribution in [3.8, 4) is 5.88 Å². The molecule has 0 aromatic carbocycles. The van der Waals surface area contributed by atoms with Crippen LogP contribution in [-0.4, -0.2) is 59.0 Å². The maximum Gasteiger partial charge on any atom is 0.254 e. The molecule has 0 N–H and O–H groups in total. The molecule has 0 radical (unpaired) electrons. The summed E-state index contributed by atoms with van der Waals surface area (Å²) >= 11 is 0. The lowest BCUT2D eigenvalue weighted by Crippen LogP contribution is -2.37. The zero-order chi connectivity index (χ0) is 16.8. The fraction of sp³-hybridized carbons (Fsp3) is 0.667. The van der Waals surface area contributed by atoms with Gasteiger partial charge in [0, 0.05) is 50.0 Å². The average Bonchev–Trinajstić information content (AvgIpc) is 2.80. The third-order valence-corrected chi connectivity index (χ3v) is 4.43. The van der Waals surface area contributed by atoms with Crippen LogP contribution in [0.15, 0.2) is 18.3 Å². The van der Waals surface area contributed by atoms with E-state index in [0.29, 0.717) is 17.5 Å². The summed E-state index contributed by atoms with van der Waals surface area (Å²) in [7, 11) is 0. The Morgan fingerprint density at radius 3 is 2.74 bits per heavy atom. The SMILES string of the molecule is CC[C@H](C)Oc1cc(C(=O)N2CCCN(C(C)C)CC2)ccn1. The van der Waals surface area contributed by atoms with Crippen LogP contribution in [0.4, 0.5) is 0 Å². The number of pyridine rings is 1. The van der Waals surface area contributed by atoms with E-state index < -0.39 is 0 Å². The number of hydrogen-bond acceptors (Lipinski definition) is 4. The van der Waals surface area contributed by atoms with Crippen molar-refractivity contribution < 1.29 is 9.53 Å². The first-order valence-corrected chi connectivity index (χ1v) is 8.67.